The third kappa shape index (κ3) is 5.46. The lowest BCUT2D eigenvalue weighted by Crippen LogP contribution is -2.13. The number of aryl methyl sites for hydroxylation is 1. The van der Waals surface area contributed by atoms with Crippen molar-refractivity contribution in [1.29, 1.82) is 0 Å². The highest BCUT2D eigenvalue weighted by molar-refractivity contribution is 6.00. The predicted molar refractivity (Wildman–Crippen MR) is 86.4 cm³/mol. The molecule has 0 bridgehead atoms. The van der Waals surface area contributed by atoms with E-state index in [1.807, 2.05) is 19.1 Å². The molecule has 0 unspecified atom stereocenters. The van der Waals surface area contributed by atoms with Crippen LogP contribution in [0.3, 0.4) is 0 Å². The Morgan fingerprint density at radius 1 is 1.00 bits per heavy atom. The fourth-order valence-electron chi connectivity index (χ4n) is 2.05. The largest absolute Gasteiger partial charge is 0.435 e. The van der Waals surface area contributed by atoms with E-state index < -0.39 is 6.61 Å². The first-order valence-electron chi connectivity index (χ1n) is 7.38. The third-order valence-corrected chi connectivity index (χ3v) is 3.32. The summed E-state index contributed by atoms with van der Waals surface area (Å²) >= 11 is 0. The number of ketones is 1. The van der Waals surface area contributed by atoms with Crippen molar-refractivity contribution in [3.8, 4) is 5.75 Å². The first kappa shape index (κ1) is 17.6. The van der Waals surface area contributed by atoms with E-state index in [0.717, 1.165) is 5.56 Å². The van der Waals surface area contributed by atoms with Gasteiger partial charge in [-0.05, 0) is 31.2 Å². The van der Waals surface area contributed by atoms with Crippen molar-refractivity contribution in [2.45, 2.75) is 26.4 Å². The van der Waals surface area contributed by atoms with Crippen LogP contribution in [0.15, 0.2) is 48.5 Å². The molecule has 0 aromatic heterocycles. The molecule has 0 heterocycles. The fourth-order valence-corrected chi connectivity index (χ4v) is 2.05. The van der Waals surface area contributed by atoms with Crippen molar-refractivity contribution in [2.24, 2.45) is 0 Å². The van der Waals surface area contributed by atoms with Crippen LogP contribution in [0.1, 0.15) is 28.8 Å². The number of rotatable bonds is 7. The predicted octanol–water partition coefficient (Wildman–Crippen LogP) is 4.20. The molecule has 0 aliphatic rings. The Labute approximate surface area is 138 Å². The van der Waals surface area contributed by atoms with Gasteiger partial charge in [-0.2, -0.15) is 8.78 Å². The number of halogens is 2. The minimum absolute atomic E-state index is 0.0116. The van der Waals surface area contributed by atoms with Crippen molar-refractivity contribution < 1.29 is 23.1 Å². The number of anilines is 1. The van der Waals surface area contributed by atoms with Crippen molar-refractivity contribution >= 4 is 17.4 Å². The zero-order chi connectivity index (χ0) is 17.5. The molecule has 0 radical (unpaired) electrons. The number of hydrogen-bond donors (Lipinski definition) is 1. The molecular formula is C18H17F2NO3. The molecular weight excluding hydrogens is 316 g/mol. The number of ether oxygens (including phenoxy) is 1. The topological polar surface area (TPSA) is 55.4 Å². The average Bonchev–Trinajstić information content (AvgIpc) is 2.54. The zero-order valence-electron chi connectivity index (χ0n) is 13.1. The number of benzene rings is 2. The summed E-state index contributed by atoms with van der Waals surface area (Å²) in [4.78, 5) is 23.8. The van der Waals surface area contributed by atoms with Crippen LogP contribution in [0.5, 0.6) is 5.75 Å². The molecule has 1 N–H and O–H groups in total. The van der Waals surface area contributed by atoms with Crippen LogP contribution in [-0.4, -0.2) is 18.3 Å². The molecule has 6 heteroatoms. The Hall–Kier alpha value is -2.76. The van der Waals surface area contributed by atoms with E-state index in [4.69, 9.17) is 0 Å². The van der Waals surface area contributed by atoms with Gasteiger partial charge in [0.2, 0.25) is 5.91 Å². The fraction of sp³-hybridized carbons (Fsp3) is 0.222. The van der Waals surface area contributed by atoms with Crippen LogP contribution >= 0.6 is 0 Å². The molecule has 0 aliphatic carbocycles. The van der Waals surface area contributed by atoms with Crippen molar-refractivity contribution in [3.05, 3.63) is 59.7 Å². The highest BCUT2D eigenvalue weighted by atomic mass is 19.3. The smallest absolute Gasteiger partial charge is 0.387 e. The number of alkyl halides is 2. The van der Waals surface area contributed by atoms with E-state index in [-0.39, 0.29) is 30.3 Å². The second-order valence-corrected chi connectivity index (χ2v) is 5.24. The number of carbonyl (C=O) groups is 2. The summed E-state index contributed by atoms with van der Waals surface area (Å²) in [7, 11) is 0. The van der Waals surface area contributed by atoms with Crippen molar-refractivity contribution in [2.75, 3.05) is 5.32 Å². The van der Waals surface area contributed by atoms with E-state index in [1.165, 1.54) is 24.3 Å². The number of hydrogen-bond acceptors (Lipinski definition) is 3. The van der Waals surface area contributed by atoms with Crippen LogP contribution in [0.25, 0.3) is 0 Å². The molecule has 1 amide bonds. The maximum absolute atomic E-state index is 12.0. The van der Waals surface area contributed by atoms with Gasteiger partial charge in [-0.25, -0.2) is 0 Å². The Morgan fingerprint density at radius 3 is 2.21 bits per heavy atom. The Kier molecular flexibility index (Phi) is 6.01. The van der Waals surface area contributed by atoms with Gasteiger partial charge in [0.05, 0.1) is 0 Å². The van der Waals surface area contributed by atoms with Crippen LogP contribution in [-0.2, 0) is 4.79 Å². The maximum Gasteiger partial charge on any atom is 0.387 e. The van der Waals surface area contributed by atoms with Gasteiger partial charge in [0.1, 0.15) is 5.75 Å². The van der Waals surface area contributed by atoms with E-state index >= 15 is 0 Å². The normalized spacial score (nSPS) is 10.5. The summed E-state index contributed by atoms with van der Waals surface area (Å²) in [6.07, 6.45) is 0.142. The van der Waals surface area contributed by atoms with Crippen LogP contribution in [0.2, 0.25) is 0 Å². The van der Waals surface area contributed by atoms with Gasteiger partial charge < -0.3 is 10.1 Å². The maximum atomic E-state index is 12.0. The van der Waals surface area contributed by atoms with Gasteiger partial charge in [0.25, 0.3) is 0 Å². The lowest BCUT2D eigenvalue weighted by atomic mass is 10.0. The van der Waals surface area contributed by atoms with Gasteiger partial charge in [-0.3, -0.25) is 9.59 Å². The second-order valence-electron chi connectivity index (χ2n) is 5.24. The lowest BCUT2D eigenvalue weighted by molar-refractivity contribution is -0.116. The summed E-state index contributed by atoms with van der Waals surface area (Å²) < 4.78 is 28.3. The van der Waals surface area contributed by atoms with Gasteiger partial charge in [0, 0.05) is 24.1 Å². The van der Waals surface area contributed by atoms with Crippen LogP contribution in [0.4, 0.5) is 14.5 Å². The van der Waals surface area contributed by atoms with Gasteiger partial charge in [0.15, 0.2) is 5.78 Å². The molecule has 2 aromatic rings. The minimum atomic E-state index is -2.89. The molecule has 4 nitrogen and oxygen atoms in total. The van der Waals surface area contributed by atoms with E-state index in [9.17, 15) is 18.4 Å². The molecule has 2 aromatic carbocycles. The second kappa shape index (κ2) is 8.19. The van der Waals surface area contributed by atoms with E-state index in [2.05, 4.69) is 10.1 Å². The molecule has 126 valence electrons. The minimum Gasteiger partial charge on any atom is -0.435 e. The first-order chi connectivity index (χ1) is 11.4. The van der Waals surface area contributed by atoms with Gasteiger partial charge in [-0.15, -0.1) is 0 Å². The standard InChI is InChI=1S/C18H17F2NO3/c1-12-2-4-13(5-3-12)16(22)10-11-17(23)21-14-6-8-15(9-7-14)24-18(19)20/h2-9,18H,10-11H2,1H3,(H,21,23). The van der Waals surface area contributed by atoms with Gasteiger partial charge >= 0.3 is 6.61 Å². The van der Waals surface area contributed by atoms with Crippen molar-refractivity contribution in [3.63, 3.8) is 0 Å². The van der Waals surface area contributed by atoms with E-state index in [1.54, 1.807) is 12.1 Å². The van der Waals surface area contributed by atoms with Crippen LogP contribution in [0, 0.1) is 6.92 Å². The van der Waals surface area contributed by atoms with Crippen molar-refractivity contribution in [1.82, 2.24) is 0 Å². The molecule has 24 heavy (non-hydrogen) atoms. The Balaban J connectivity index is 1.82. The number of carbonyl (C=O) groups excluding carboxylic acids is 2. The molecule has 0 fully saturated rings. The summed E-state index contributed by atoms with van der Waals surface area (Å²) in [5.74, 6) is -0.415. The SMILES string of the molecule is Cc1ccc(C(=O)CCC(=O)Nc2ccc(OC(F)F)cc2)cc1. The summed E-state index contributed by atoms with van der Waals surface area (Å²) in [5.41, 5.74) is 2.08. The quantitative estimate of drug-likeness (QED) is 0.773. The average molecular weight is 333 g/mol. The Bertz CT molecular complexity index is 697. The first-order valence-corrected chi connectivity index (χ1v) is 7.38. The molecule has 0 saturated heterocycles. The number of Topliss-reactive ketones (excluding diaryl/α,β-unsaturated/α-hetero) is 1. The monoisotopic (exact) mass is 333 g/mol. The molecule has 2 rings (SSSR count). The zero-order valence-corrected chi connectivity index (χ0v) is 13.1. The van der Waals surface area contributed by atoms with E-state index in [0.29, 0.717) is 11.3 Å². The summed E-state index contributed by atoms with van der Waals surface area (Å²) in [6.45, 7) is -0.961. The molecule has 0 saturated carbocycles. The van der Waals surface area contributed by atoms with Gasteiger partial charge in [-0.1, -0.05) is 29.8 Å². The highest BCUT2D eigenvalue weighted by Gasteiger charge is 2.10. The number of amides is 1. The summed E-state index contributed by atoms with van der Waals surface area (Å²) in [5, 5.41) is 2.60. The summed E-state index contributed by atoms with van der Waals surface area (Å²) in [6, 6.07) is 12.7. The molecule has 0 aliphatic heterocycles. The Morgan fingerprint density at radius 2 is 1.62 bits per heavy atom. The number of nitrogens with one attached hydrogen (secondary N) is 1. The van der Waals surface area contributed by atoms with Crippen LogP contribution < -0.4 is 10.1 Å². The molecule has 0 spiro atoms. The highest BCUT2D eigenvalue weighted by Crippen LogP contribution is 2.18. The third-order valence-electron chi connectivity index (χ3n) is 3.32. The lowest BCUT2D eigenvalue weighted by Gasteiger charge is -2.07. The molecule has 0 atom stereocenters.